The molecule has 0 fully saturated rings. The zero-order valence-electron chi connectivity index (χ0n) is 12.9. The van der Waals surface area contributed by atoms with E-state index >= 15 is 0 Å². The van der Waals surface area contributed by atoms with Gasteiger partial charge in [0, 0.05) is 10.7 Å². The molecule has 126 valence electrons. The summed E-state index contributed by atoms with van der Waals surface area (Å²) in [5.41, 5.74) is 3.99. The van der Waals surface area contributed by atoms with E-state index in [1.54, 1.807) is 28.8 Å². The largest absolute Gasteiger partial charge is 1.00 e. The number of aromatic nitrogens is 3. The molecule has 2 aromatic carbocycles. The molecule has 0 saturated carbocycles. The van der Waals surface area contributed by atoms with Crippen LogP contribution in [0.25, 0.3) is 27.9 Å². The number of pyridine rings is 1. The van der Waals surface area contributed by atoms with Gasteiger partial charge in [-0.3, -0.25) is 5.84 Å². The van der Waals surface area contributed by atoms with Gasteiger partial charge in [-0.2, -0.15) is 0 Å². The number of hydrogen-bond donors (Lipinski definition) is 1. The number of benzene rings is 2. The average molecular weight is 403 g/mol. The first-order valence-electron chi connectivity index (χ1n) is 7.32. The van der Waals surface area contributed by atoms with Crippen molar-refractivity contribution in [1.29, 1.82) is 0 Å². The van der Waals surface area contributed by atoms with E-state index in [1.165, 1.54) is 35.3 Å². The van der Waals surface area contributed by atoms with Gasteiger partial charge < -0.3 is 17.0 Å². The van der Waals surface area contributed by atoms with Crippen molar-refractivity contribution in [2.75, 3.05) is 5.84 Å². The number of nitrogens with two attached hydrogens (primary N) is 1. The Kier molecular flexibility index (Phi) is 4.50. The van der Waals surface area contributed by atoms with Crippen LogP contribution in [0, 0.1) is 11.6 Å². The van der Waals surface area contributed by atoms with E-state index in [1.807, 2.05) is 12.3 Å². The van der Waals surface area contributed by atoms with Gasteiger partial charge in [-0.05, 0) is 41.5 Å². The summed E-state index contributed by atoms with van der Waals surface area (Å²) < 4.78 is 29.5. The van der Waals surface area contributed by atoms with E-state index < -0.39 is 0 Å². The minimum Gasteiger partial charge on any atom is -1.00 e. The highest BCUT2D eigenvalue weighted by Gasteiger charge is 2.18. The second-order valence-corrected chi connectivity index (χ2v) is 5.46. The van der Waals surface area contributed by atoms with E-state index in [4.69, 9.17) is 5.84 Å². The molecule has 4 aromatic rings. The summed E-state index contributed by atoms with van der Waals surface area (Å²) in [5.74, 6) is 5.36. The molecule has 4 rings (SSSR count). The Morgan fingerprint density at radius 3 is 2.00 bits per heavy atom. The van der Waals surface area contributed by atoms with Crippen LogP contribution < -0.4 is 27.5 Å². The van der Waals surface area contributed by atoms with Crippen LogP contribution in [0.15, 0.2) is 67.1 Å². The molecule has 0 spiro atoms. The van der Waals surface area contributed by atoms with Crippen molar-refractivity contribution in [2.24, 2.45) is 0 Å². The highest BCUT2D eigenvalue weighted by atomic mass is 79.9. The van der Waals surface area contributed by atoms with Gasteiger partial charge in [-0.15, -0.1) is 4.68 Å². The van der Waals surface area contributed by atoms with Crippen LogP contribution in [-0.2, 0) is 0 Å². The fourth-order valence-electron chi connectivity index (χ4n) is 2.73. The van der Waals surface area contributed by atoms with Crippen LogP contribution in [-0.4, -0.2) is 9.61 Å². The second kappa shape index (κ2) is 6.60. The molecule has 0 aliphatic heterocycles. The van der Waals surface area contributed by atoms with Gasteiger partial charge in [0.1, 0.15) is 17.8 Å². The van der Waals surface area contributed by atoms with Crippen molar-refractivity contribution in [3.05, 3.63) is 78.8 Å². The first-order valence-corrected chi connectivity index (χ1v) is 7.32. The van der Waals surface area contributed by atoms with Crippen molar-refractivity contribution >= 4 is 5.65 Å². The third-order valence-electron chi connectivity index (χ3n) is 3.90. The number of nitrogen functional groups attached to an aromatic ring is 1. The van der Waals surface area contributed by atoms with E-state index in [0.717, 1.165) is 22.3 Å². The summed E-state index contributed by atoms with van der Waals surface area (Å²) >= 11 is 0. The summed E-state index contributed by atoms with van der Waals surface area (Å²) in [5, 5.41) is 4.23. The lowest BCUT2D eigenvalue weighted by atomic mass is 10.0. The van der Waals surface area contributed by atoms with Crippen molar-refractivity contribution in [1.82, 2.24) is 9.61 Å². The molecular formula is C18H13BrF2N4. The molecule has 2 N–H and O–H groups in total. The number of halogens is 3. The van der Waals surface area contributed by atoms with E-state index in [2.05, 4.69) is 5.10 Å². The lowest BCUT2D eigenvalue weighted by Crippen LogP contribution is -3.00. The molecular weight excluding hydrogens is 390 g/mol. The molecule has 0 aliphatic rings. The Labute approximate surface area is 152 Å². The maximum atomic E-state index is 13.2. The Hall–Kier alpha value is -2.80. The molecule has 0 amide bonds. The van der Waals surface area contributed by atoms with Crippen molar-refractivity contribution in [3.63, 3.8) is 0 Å². The SMILES string of the molecule is N[n+]1cnn2cc(-c3ccc(F)cc3)cc(-c3ccc(F)cc3)c21.[Br-]. The third kappa shape index (κ3) is 3.10. The fraction of sp³-hybridized carbons (Fsp3) is 0. The van der Waals surface area contributed by atoms with Crippen LogP contribution in [0.4, 0.5) is 8.78 Å². The molecule has 0 unspecified atom stereocenters. The average Bonchev–Trinajstić information content (AvgIpc) is 2.97. The third-order valence-corrected chi connectivity index (χ3v) is 3.90. The Balaban J connectivity index is 0.00000182. The van der Waals surface area contributed by atoms with E-state index in [9.17, 15) is 8.78 Å². The number of nitrogens with zero attached hydrogens (tertiary/aromatic N) is 3. The van der Waals surface area contributed by atoms with E-state index in [-0.39, 0.29) is 28.6 Å². The quantitative estimate of drug-likeness (QED) is 0.377. The van der Waals surface area contributed by atoms with Gasteiger partial charge in [0.15, 0.2) is 0 Å². The standard InChI is InChI=1S/C18H13F2N4.BrH/c19-15-5-1-12(2-6-15)14-9-17(13-3-7-16(20)8-4-13)18-23(21)11-22-24(18)10-14;/h1-11H,21H2;1H/q+1;/p-1. The monoisotopic (exact) mass is 402 g/mol. The van der Waals surface area contributed by atoms with Gasteiger partial charge in [-0.1, -0.05) is 28.8 Å². The highest BCUT2D eigenvalue weighted by molar-refractivity contribution is 5.80. The van der Waals surface area contributed by atoms with Crippen LogP contribution in [0.2, 0.25) is 0 Å². The predicted molar refractivity (Wildman–Crippen MR) is 86.3 cm³/mol. The van der Waals surface area contributed by atoms with Crippen LogP contribution in [0.1, 0.15) is 0 Å². The van der Waals surface area contributed by atoms with Crippen LogP contribution in [0.5, 0.6) is 0 Å². The summed E-state index contributed by atoms with van der Waals surface area (Å²) in [6.45, 7) is 0. The molecule has 2 heterocycles. The molecule has 0 bridgehead atoms. The van der Waals surface area contributed by atoms with Gasteiger partial charge in [0.05, 0.1) is 5.56 Å². The second-order valence-electron chi connectivity index (χ2n) is 5.46. The van der Waals surface area contributed by atoms with Crippen LogP contribution in [0.3, 0.4) is 0 Å². The molecule has 7 heteroatoms. The lowest BCUT2D eigenvalue weighted by molar-refractivity contribution is -0.612. The van der Waals surface area contributed by atoms with Crippen molar-refractivity contribution in [3.8, 4) is 22.3 Å². The minimum atomic E-state index is -0.307. The van der Waals surface area contributed by atoms with E-state index in [0.29, 0.717) is 5.65 Å². The molecule has 0 aliphatic carbocycles. The van der Waals surface area contributed by atoms with Crippen LogP contribution >= 0.6 is 0 Å². The Morgan fingerprint density at radius 1 is 0.840 bits per heavy atom. The summed E-state index contributed by atoms with van der Waals surface area (Å²) in [7, 11) is 0. The topological polar surface area (TPSA) is 47.2 Å². The normalized spacial score (nSPS) is 10.6. The minimum absolute atomic E-state index is 0. The molecule has 0 atom stereocenters. The smallest absolute Gasteiger partial charge is 0.294 e. The summed E-state index contributed by atoms with van der Waals surface area (Å²) in [4.78, 5) is 0. The fourth-order valence-corrected chi connectivity index (χ4v) is 2.73. The number of rotatable bonds is 2. The van der Waals surface area contributed by atoms with Gasteiger partial charge in [-0.25, -0.2) is 8.78 Å². The molecule has 25 heavy (non-hydrogen) atoms. The predicted octanol–water partition coefficient (Wildman–Crippen LogP) is -0.0482. The summed E-state index contributed by atoms with van der Waals surface area (Å²) in [6, 6.07) is 14.3. The first-order chi connectivity index (χ1) is 11.6. The zero-order valence-corrected chi connectivity index (χ0v) is 14.5. The molecule has 0 saturated heterocycles. The Morgan fingerprint density at radius 2 is 1.40 bits per heavy atom. The molecule has 0 radical (unpaired) electrons. The molecule has 4 nitrogen and oxygen atoms in total. The highest BCUT2D eigenvalue weighted by Crippen LogP contribution is 2.28. The molecule has 2 aromatic heterocycles. The van der Waals surface area contributed by atoms with Gasteiger partial charge in [0.2, 0.25) is 0 Å². The van der Waals surface area contributed by atoms with Crippen molar-refractivity contribution < 1.29 is 30.4 Å². The van der Waals surface area contributed by atoms with Gasteiger partial charge >= 0.3 is 0 Å². The lowest BCUT2D eigenvalue weighted by Gasteiger charge is -2.06. The van der Waals surface area contributed by atoms with Gasteiger partial charge in [0.25, 0.3) is 12.0 Å². The first kappa shape index (κ1) is 17.0. The van der Waals surface area contributed by atoms with Crippen molar-refractivity contribution in [2.45, 2.75) is 0 Å². The maximum Gasteiger partial charge on any atom is 0.294 e. The number of hydrogen-bond acceptors (Lipinski definition) is 2. The Bertz CT molecular complexity index is 1030. The number of fused-ring (bicyclic) bond motifs is 1. The zero-order chi connectivity index (χ0) is 16.7. The summed E-state index contributed by atoms with van der Waals surface area (Å²) in [6.07, 6.45) is 3.32. The maximum absolute atomic E-state index is 13.2.